The van der Waals surface area contributed by atoms with E-state index in [1.165, 1.54) is 11.1 Å². The minimum atomic E-state index is 0.110. The van der Waals surface area contributed by atoms with Crippen molar-refractivity contribution in [1.29, 1.82) is 0 Å². The van der Waals surface area contributed by atoms with E-state index in [0.29, 0.717) is 5.02 Å². The third kappa shape index (κ3) is 2.50. The van der Waals surface area contributed by atoms with Crippen molar-refractivity contribution >= 4 is 11.6 Å². The molecule has 1 aromatic carbocycles. The zero-order valence-electron chi connectivity index (χ0n) is 9.85. The topological polar surface area (TPSA) is 35.2 Å². The lowest BCUT2D eigenvalue weighted by molar-refractivity contribution is 0.414. The van der Waals surface area contributed by atoms with Crippen LogP contribution in [0.2, 0.25) is 5.02 Å². The van der Waals surface area contributed by atoms with E-state index in [2.05, 4.69) is 6.92 Å². The van der Waals surface area contributed by atoms with Crippen LogP contribution in [0.3, 0.4) is 0 Å². The summed E-state index contributed by atoms with van der Waals surface area (Å²) in [7, 11) is 1.64. The summed E-state index contributed by atoms with van der Waals surface area (Å²) in [5.74, 6) is 0.747. The summed E-state index contributed by atoms with van der Waals surface area (Å²) in [5, 5.41) is 0.685. The maximum absolute atomic E-state index is 6.11. The zero-order valence-corrected chi connectivity index (χ0v) is 10.6. The van der Waals surface area contributed by atoms with Crippen molar-refractivity contribution in [3.05, 3.63) is 28.3 Å². The molecule has 1 fully saturated rings. The summed E-state index contributed by atoms with van der Waals surface area (Å²) in [6.45, 7) is 2.09. The maximum atomic E-state index is 6.11. The van der Waals surface area contributed by atoms with E-state index in [1.807, 2.05) is 12.1 Å². The number of halogens is 1. The molecule has 0 amide bonds. The fourth-order valence-corrected chi connectivity index (χ4v) is 2.18. The number of nitrogens with two attached hydrogens (primary N) is 1. The molecule has 0 bridgehead atoms. The molecule has 1 saturated carbocycles. The van der Waals surface area contributed by atoms with Crippen molar-refractivity contribution in [2.45, 2.75) is 38.1 Å². The summed E-state index contributed by atoms with van der Waals surface area (Å²) in [5.41, 5.74) is 8.70. The highest BCUT2D eigenvalue weighted by atomic mass is 35.5. The molecular weight excluding hydrogens is 222 g/mol. The first kappa shape index (κ1) is 11.7. The van der Waals surface area contributed by atoms with E-state index in [-0.39, 0.29) is 5.54 Å². The van der Waals surface area contributed by atoms with Crippen molar-refractivity contribution in [3.8, 4) is 5.75 Å². The summed E-state index contributed by atoms with van der Waals surface area (Å²) < 4.78 is 5.18. The van der Waals surface area contributed by atoms with E-state index >= 15 is 0 Å². The Morgan fingerprint density at radius 3 is 2.69 bits per heavy atom. The second-order valence-electron chi connectivity index (χ2n) is 4.78. The van der Waals surface area contributed by atoms with Gasteiger partial charge in [0, 0.05) is 5.54 Å². The van der Waals surface area contributed by atoms with Crippen LogP contribution in [0, 0.1) is 6.92 Å². The molecular formula is C13H18ClNO. The molecule has 0 radical (unpaired) electrons. The first-order valence-electron chi connectivity index (χ1n) is 5.66. The second kappa shape index (κ2) is 4.27. The minimum Gasteiger partial charge on any atom is -0.495 e. The minimum absolute atomic E-state index is 0.110. The van der Waals surface area contributed by atoms with Gasteiger partial charge in [-0.1, -0.05) is 11.6 Å². The summed E-state index contributed by atoms with van der Waals surface area (Å²) >= 11 is 6.11. The van der Waals surface area contributed by atoms with Gasteiger partial charge >= 0.3 is 0 Å². The van der Waals surface area contributed by atoms with Gasteiger partial charge in [-0.25, -0.2) is 0 Å². The Kier molecular flexibility index (Phi) is 3.13. The number of rotatable bonds is 4. The molecule has 3 heteroatoms. The van der Waals surface area contributed by atoms with Gasteiger partial charge in [0.2, 0.25) is 0 Å². The molecule has 1 aliphatic rings. The van der Waals surface area contributed by atoms with Crippen LogP contribution in [-0.2, 0) is 6.42 Å². The monoisotopic (exact) mass is 239 g/mol. The van der Waals surface area contributed by atoms with Crippen molar-refractivity contribution < 1.29 is 4.74 Å². The average molecular weight is 240 g/mol. The summed E-state index contributed by atoms with van der Waals surface area (Å²) in [6.07, 6.45) is 4.38. The Hall–Kier alpha value is -0.730. The smallest absolute Gasteiger partial charge is 0.137 e. The van der Waals surface area contributed by atoms with Gasteiger partial charge in [0.1, 0.15) is 5.75 Å². The Bertz CT molecular complexity index is 399. The molecule has 0 spiro atoms. The maximum Gasteiger partial charge on any atom is 0.137 e. The van der Waals surface area contributed by atoms with Crippen LogP contribution < -0.4 is 10.5 Å². The SMILES string of the molecule is COc1cc(C)c(CCC2(N)CC2)cc1Cl. The third-order valence-corrected chi connectivity index (χ3v) is 3.69. The van der Waals surface area contributed by atoms with E-state index in [4.69, 9.17) is 22.1 Å². The molecule has 16 heavy (non-hydrogen) atoms. The van der Waals surface area contributed by atoms with E-state index in [0.717, 1.165) is 31.4 Å². The van der Waals surface area contributed by atoms with Gasteiger partial charge in [-0.15, -0.1) is 0 Å². The van der Waals surface area contributed by atoms with Crippen LogP contribution in [0.25, 0.3) is 0 Å². The molecule has 0 unspecified atom stereocenters. The van der Waals surface area contributed by atoms with Gasteiger partial charge in [-0.3, -0.25) is 0 Å². The lowest BCUT2D eigenvalue weighted by Gasteiger charge is -2.12. The number of hydrogen-bond acceptors (Lipinski definition) is 2. The van der Waals surface area contributed by atoms with Crippen molar-refractivity contribution in [2.24, 2.45) is 5.73 Å². The number of benzene rings is 1. The molecule has 88 valence electrons. The molecule has 0 aromatic heterocycles. The predicted molar refractivity (Wildman–Crippen MR) is 67.2 cm³/mol. The molecule has 1 aliphatic carbocycles. The summed E-state index contributed by atoms with van der Waals surface area (Å²) in [4.78, 5) is 0. The lowest BCUT2D eigenvalue weighted by Crippen LogP contribution is -2.22. The third-order valence-electron chi connectivity index (χ3n) is 3.39. The number of methoxy groups -OCH3 is 1. The van der Waals surface area contributed by atoms with Crippen LogP contribution >= 0.6 is 11.6 Å². The Morgan fingerprint density at radius 2 is 2.12 bits per heavy atom. The van der Waals surface area contributed by atoms with Gasteiger partial charge in [0.05, 0.1) is 12.1 Å². The number of ether oxygens (including phenoxy) is 1. The molecule has 1 aromatic rings. The molecule has 0 aliphatic heterocycles. The predicted octanol–water partition coefficient (Wildman–Crippen LogP) is 3.08. The van der Waals surface area contributed by atoms with Gasteiger partial charge < -0.3 is 10.5 Å². The molecule has 0 atom stereocenters. The molecule has 0 saturated heterocycles. The quantitative estimate of drug-likeness (QED) is 0.877. The Balaban J connectivity index is 2.11. The van der Waals surface area contributed by atoms with Crippen molar-refractivity contribution in [1.82, 2.24) is 0 Å². The number of aryl methyl sites for hydroxylation is 2. The standard InChI is InChI=1S/C13H18ClNO/c1-9-7-12(16-2)11(14)8-10(9)3-4-13(15)5-6-13/h7-8H,3-6,15H2,1-2H3. The van der Waals surface area contributed by atoms with Crippen LogP contribution in [-0.4, -0.2) is 12.6 Å². The van der Waals surface area contributed by atoms with Crippen LogP contribution in [0.4, 0.5) is 0 Å². The fraction of sp³-hybridized carbons (Fsp3) is 0.538. The van der Waals surface area contributed by atoms with Gasteiger partial charge in [0.25, 0.3) is 0 Å². The highest BCUT2D eigenvalue weighted by Gasteiger charge is 2.37. The van der Waals surface area contributed by atoms with E-state index in [1.54, 1.807) is 7.11 Å². The number of hydrogen-bond donors (Lipinski definition) is 1. The lowest BCUT2D eigenvalue weighted by atomic mass is 10.00. The molecule has 0 heterocycles. The first-order valence-corrected chi connectivity index (χ1v) is 6.04. The van der Waals surface area contributed by atoms with Crippen LogP contribution in [0.5, 0.6) is 5.75 Å². The normalized spacial score (nSPS) is 17.2. The molecule has 2 N–H and O–H groups in total. The largest absolute Gasteiger partial charge is 0.495 e. The summed E-state index contributed by atoms with van der Waals surface area (Å²) in [6, 6.07) is 4.00. The van der Waals surface area contributed by atoms with Crippen LogP contribution in [0.1, 0.15) is 30.4 Å². The molecule has 2 rings (SSSR count). The van der Waals surface area contributed by atoms with Gasteiger partial charge in [-0.05, 0) is 55.9 Å². The Labute approximate surface area is 102 Å². The highest BCUT2D eigenvalue weighted by Crippen LogP contribution is 2.37. The van der Waals surface area contributed by atoms with Crippen LogP contribution in [0.15, 0.2) is 12.1 Å². The van der Waals surface area contributed by atoms with Crippen molar-refractivity contribution in [2.75, 3.05) is 7.11 Å². The van der Waals surface area contributed by atoms with E-state index < -0.39 is 0 Å². The van der Waals surface area contributed by atoms with Crippen molar-refractivity contribution in [3.63, 3.8) is 0 Å². The second-order valence-corrected chi connectivity index (χ2v) is 5.18. The Morgan fingerprint density at radius 1 is 1.44 bits per heavy atom. The van der Waals surface area contributed by atoms with Gasteiger partial charge in [0.15, 0.2) is 0 Å². The fourth-order valence-electron chi connectivity index (χ4n) is 1.92. The van der Waals surface area contributed by atoms with Gasteiger partial charge in [-0.2, -0.15) is 0 Å². The van der Waals surface area contributed by atoms with E-state index in [9.17, 15) is 0 Å². The first-order chi connectivity index (χ1) is 7.54. The molecule has 2 nitrogen and oxygen atoms in total. The zero-order chi connectivity index (χ0) is 11.8. The highest BCUT2D eigenvalue weighted by molar-refractivity contribution is 6.32. The average Bonchev–Trinajstić information content (AvgIpc) is 2.98.